The van der Waals surface area contributed by atoms with Crippen molar-refractivity contribution < 1.29 is 28.5 Å². The minimum absolute atomic E-state index is 0.231. The number of rotatable bonds is 26. The molecule has 6 nitrogen and oxygen atoms in total. The highest BCUT2D eigenvalue weighted by atomic mass is 32.1. The van der Waals surface area contributed by atoms with Crippen molar-refractivity contribution in [3.63, 3.8) is 0 Å². The van der Waals surface area contributed by atoms with Crippen LogP contribution in [-0.2, 0) is 28.5 Å². The van der Waals surface area contributed by atoms with Gasteiger partial charge < -0.3 is 18.9 Å². The van der Waals surface area contributed by atoms with E-state index in [2.05, 4.69) is 19.2 Å². The minimum Gasteiger partial charge on any atom is -0.463 e. The molecule has 0 rings (SSSR count). The molecule has 0 aromatic carbocycles. The molecular weight excluding hydrogens is 428 g/mol. The maximum Gasteiger partial charge on any atom is 0.305 e. The lowest BCUT2D eigenvalue weighted by Gasteiger charge is -2.07. The highest BCUT2D eigenvalue weighted by Crippen LogP contribution is 2.11. The number of ketones is 1. The summed E-state index contributed by atoms with van der Waals surface area (Å²) in [5.41, 5.74) is 0. The van der Waals surface area contributed by atoms with Crippen molar-refractivity contribution in [2.75, 3.05) is 52.0 Å². The Morgan fingerprint density at radius 2 is 1.09 bits per heavy atom. The summed E-state index contributed by atoms with van der Waals surface area (Å²) in [5.74, 6) is 1.07. The van der Waals surface area contributed by atoms with Crippen LogP contribution < -0.4 is 0 Å². The van der Waals surface area contributed by atoms with Crippen LogP contribution in [-0.4, -0.2) is 63.8 Å². The maximum atomic E-state index is 11.9. The van der Waals surface area contributed by atoms with Gasteiger partial charge in [-0.25, -0.2) is 0 Å². The summed E-state index contributed by atoms with van der Waals surface area (Å²) in [4.78, 5) is 23.6. The molecule has 0 radical (unpaired) electrons. The van der Waals surface area contributed by atoms with Gasteiger partial charge in [0, 0.05) is 19.3 Å². The van der Waals surface area contributed by atoms with Crippen molar-refractivity contribution in [1.82, 2.24) is 0 Å². The number of hydrogen-bond acceptors (Lipinski definition) is 7. The summed E-state index contributed by atoms with van der Waals surface area (Å²) in [6, 6.07) is 0. The summed E-state index contributed by atoms with van der Waals surface area (Å²) in [7, 11) is 0. The topological polar surface area (TPSA) is 71.1 Å². The second kappa shape index (κ2) is 26.4. The molecule has 0 aliphatic heterocycles. The average Bonchev–Trinajstić information content (AvgIpc) is 2.79. The van der Waals surface area contributed by atoms with Gasteiger partial charge in [0.15, 0.2) is 0 Å². The van der Waals surface area contributed by atoms with Crippen LogP contribution in [0.4, 0.5) is 0 Å². The number of hydrogen-bond donors (Lipinski definition) is 1. The molecule has 0 aliphatic rings. The van der Waals surface area contributed by atoms with Crippen molar-refractivity contribution in [2.45, 2.75) is 83.5 Å². The molecular formula is C25H46O6S. The fraction of sp³-hybridized carbons (Fsp3) is 0.840. The Morgan fingerprint density at radius 3 is 1.69 bits per heavy atom. The van der Waals surface area contributed by atoms with Gasteiger partial charge in [-0.2, -0.15) is 12.6 Å². The van der Waals surface area contributed by atoms with Gasteiger partial charge in [0.25, 0.3) is 0 Å². The molecule has 0 saturated heterocycles. The zero-order valence-corrected chi connectivity index (χ0v) is 20.9. The normalized spacial score (nSPS) is 10.9. The van der Waals surface area contributed by atoms with E-state index in [4.69, 9.17) is 18.9 Å². The van der Waals surface area contributed by atoms with Gasteiger partial charge >= 0.3 is 5.97 Å². The van der Waals surface area contributed by atoms with E-state index in [1.165, 1.54) is 38.5 Å². The van der Waals surface area contributed by atoms with Crippen LogP contribution in [0.25, 0.3) is 0 Å². The highest BCUT2D eigenvalue weighted by molar-refractivity contribution is 7.80. The molecule has 0 saturated carbocycles. The number of esters is 1. The summed E-state index contributed by atoms with van der Waals surface area (Å²) < 4.78 is 21.0. The van der Waals surface area contributed by atoms with Crippen LogP contribution >= 0.6 is 12.6 Å². The molecule has 0 aromatic rings. The first-order valence-electron chi connectivity index (χ1n) is 12.3. The summed E-state index contributed by atoms with van der Waals surface area (Å²) in [6.07, 6.45) is 14.5. The van der Waals surface area contributed by atoms with Gasteiger partial charge in [0.1, 0.15) is 12.4 Å². The Labute approximate surface area is 201 Å². The SMILES string of the molecule is C=CCOCCOCCOCCOC(=O)CCCCC(=O)CCCCCCCCCCS. The Hall–Kier alpha value is -0.890. The van der Waals surface area contributed by atoms with Crippen molar-refractivity contribution in [3.05, 3.63) is 12.7 Å². The van der Waals surface area contributed by atoms with E-state index >= 15 is 0 Å². The smallest absolute Gasteiger partial charge is 0.305 e. The lowest BCUT2D eigenvalue weighted by molar-refractivity contribution is -0.145. The Balaban J connectivity index is 3.29. The average molecular weight is 475 g/mol. The molecule has 0 bridgehead atoms. The fourth-order valence-corrected chi connectivity index (χ4v) is 3.33. The van der Waals surface area contributed by atoms with E-state index < -0.39 is 0 Å². The molecule has 0 atom stereocenters. The predicted molar refractivity (Wildman–Crippen MR) is 132 cm³/mol. The van der Waals surface area contributed by atoms with Gasteiger partial charge in [-0.1, -0.05) is 44.6 Å². The largest absolute Gasteiger partial charge is 0.463 e. The number of carbonyl (C=O) groups excluding carboxylic acids is 2. The van der Waals surface area contributed by atoms with E-state index in [1.54, 1.807) is 6.08 Å². The lowest BCUT2D eigenvalue weighted by atomic mass is 10.0. The summed E-state index contributed by atoms with van der Waals surface area (Å²) >= 11 is 4.22. The number of carbonyl (C=O) groups is 2. The first kappa shape index (κ1) is 31.1. The maximum absolute atomic E-state index is 11.9. The van der Waals surface area contributed by atoms with Crippen molar-refractivity contribution in [2.24, 2.45) is 0 Å². The van der Waals surface area contributed by atoms with E-state index in [0.717, 1.165) is 25.0 Å². The highest BCUT2D eigenvalue weighted by Gasteiger charge is 2.06. The molecule has 0 unspecified atom stereocenters. The molecule has 0 aromatic heterocycles. The quantitative estimate of drug-likeness (QED) is 0.0790. The number of ether oxygens (including phenoxy) is 4. The molecule has 0 spiro atoms. The number of unbranched alkanes of at least 4 members (excludes halogenated alkanes) is 8. The first-order valence-corrected chi connectivity index (χ1v) is 13.0. The standard InChI is InChI=1S/C25H46O6S/c1-2-16-28-17-18-29-19-20-30-21-22-31-25(27)15-11-10-14-24(26)13-9-7-5-3-4-6-8-12-23-32/h2,32H,1,3-23H2. The zero-order chi connectivity index (χ0) is 23.5. The zero-order valence-electron chi connectivity index (χ0n) is 20.0. The Kier molecular flexibility index (Phi) is 25.6. The third-order valence-corrected chi connectivity index (χ3v) is 5.24. The molecule has 188 valence electrons. The van der Waals surface area contributed by atoms with Crippen LogP contribution in [0.15, 0.2) is 12.7 Å². The molecule has 7 heteroatoms. The van der Waals surface area contributed by atoms with Gasteiger partial charge in [-0.05, 0) is 31.4 Å². The second-order valence-corrected chi connectivity index (χ2v) is 8.30. The molecule has 0 amide bonds. The van der Waals surface area contributed by atoms with Crippen LogP contribution in [0, 0.1) is 0 Å². The van der Waals surface area contributed by atoms with Gasteiger partial charge in [0.05, 0.1) is 39.6 Å². The van der Waals surface area contributed by atoms with Gasteiger partial charge in [-0.3, -0.25) is 9.59 Å². The molecule has 0 heterocycles. The third kappa shape index (κ3) is 25.4. The lowest BCUT2D eigenvalue weighted by Crippen LogP contribution is -2.14. The van der Waals surface area contributed by atoms with Crippen molar-refractivity contribution >= 4 is 24.4 Å². The van der Waals surface area contributed by atoms with Crippen molar-refractivity contribution in [1.29, 1.82) is 0 Å². The summed E-state index contributed by atoms with van der Waals surface area (Å²) in [6.45, 7) is 6.69. The Morgan fingerprint density at radius 1 is 0.625 bits per heavy atom. The second-order valence-electron chi connectivity index (χ2n) is 7.86. The van der Waals surface area contributed by atoms with Crippen molar-refractivity contribution in [3.8, 4) is 0 Å². The van der Waals surface area contributed by atoms with Crippen LogP contribution in [0.2, 0.25) is 0 Å². The fourth-order valence-electron chi connectivity index (χ4n) is 3.10. The van der Waals surface area contributed by atoms with Crippen LogP contribution in [0.5, 0.6) is 0 Å². The monoisotopic (exact) mass is 474 g/mol. The van der Waals surface area contributed by atoms with Crippen LogP contribution in [0.3, 0.4) is 0 Å². The van der Waals surface area contributed by atoms with E-state index in [9.17, 15) is 9.59 Å². The predicted octanol–water partition coefficient (Wildman–Crippen LogP) is 5.34. The minimum atomic E-state index is -0.231. The first-order chi connectivity index (χ1) is 15.7. The molecule has 32 heavy (non-hydrogen) atoms. The number of Topliss-reactive ketones (excluding diaryl/α,β-unsaturated/α-hetero) is 1. The van der Waals surface area contributed by atoms with Gasteiger partial charge in [0.2, 0.25) is 0 Å². The number of thiol groups is 1. The molecule has 0 N–H and O–H groups in total. The van der Waals surface area contributed by atoms with E-state index in [0.29, 0.717) is 71.1 Å². The van der Waals surface area contributed by atoms with E-state index in [1.807, 2.05) is 0 Å². The molecule has 0 aliphatic carbocycles. The molecule has 0 fully saturated rings. The van der Waals surface area contributed by atoms with Crippen LogP contribution in [0.1, 0.15) is 83.5 Å². The third-order valence-electron chi connectivity index (χ3n) is 4.92. The Bertz CT molecular complexity index is 444. The van der Waals surface area contributed by atoms with Gasteiger partial charge in [-0.15, -0.1) is 6.58 Å². The summed E-state index contributed by atoms with van der Waals surface area (Å²) in [5, 5.41) is 0. The van der Waals surface area contributed by atoms with E-state index in [-0.39, 0.29) is 12.6 Å².